The largest absolute Gasteiger partial charge is 0.497 e. The molecule has 0 aliphatic rings. The topological polar surface area (TPSA) is 49.9 Å². The van der Waals surface area contributed by atoms with Gasteiger partial charge in [0.05, 0.1) is 7.11 Å². The number of nitrogens with zero attached hydrogens (tertiary/aromatic N) is 2. The Morgan fingerprint density at radius 2 is 1.48 bits per heavy atom. The summed E-state index contributed by atoms with van der Waals surface area (Å²) in [5.41, 5.74) is 2.08. The lowest BCUT2D eigenvalue weighted by atomic mass is 10.1. The molecule has 0 radical (unpaired) electrons. The van der Waals surface area contributed by atoms with E-state index in [-0.39, 0.29) is 11.8 Å². The van der Waals surface area contributed by atoms with Crippen molar-refractivity contribution < 1.29 is 14.3 Å². The summed E-state index contributed by atoms with van der Waals surface area (Å²) in [7, 11) is 4.99. The number of methoxy groups -OCH3 is 1. The van der Waals surface area contributed by atoms with Crippen LogP contribution in [0.2, 0.25) is 0 Å². The molecule has 2 aromatic rings. The van der Waals surface area contributed by atoms with Crippen molar-refractivity contribution in [3.63, 3.8) is 0 Å². The first-order valence-corrected chi connectivity index (χ1v) is 7.20. The molecule has 0 unspecified atom stereocenters. The van der Waals surface area contributed by atoms with Gasteiger partial charge in [0, 0.05) is 38.0 Å². The highest BCUT2D eigenvalue weighted by molar-refractivity contribution is 6.06. The zero-order valence-electron chi connectivity index (χ0n) is 13.7. The van der Waals surface area contributed by atoms with E-state index in [2.05, 4.69) is 0 Å². The van der Waals surface area contributed by atoms with Gasteiger partial charge >= 0.3 is 0 Å². The van der Waals surface area contributed by atoms with Gasteiger partial charge in [0.25, 0.3) is 5.91 Å². The second-order valence-electron chi connectivity index (χ2n) is 5.19. The average Bonchev–Trinajstić information content (AvgIpc) is 2.59. The van der Waals surface area contributed by atoms with E-state index in [9.17, 15) is 9.59 Å². The van der Waals surface area contributed by atoms with Crippen molar-refractivity contribution in [1.29, 1.82) is 0 Å². The normalized spacial score (nSPS) is 10.1. The Balaban J connectivity index is 2.20. The summed E-state index contributed by atoms with van der Waals surface area (Å²) in [6, 6.07) is 14.3. The van der Waals surface area contributed by atoms with Crippen LogP contribution in [0.25, 0.3) is 0 Å². The summed E-state index contributed by atoms with van der Waals surface area (Å²) in [6.07, 6.45) is 0. The van der Waals surface area contributed by atoms with E-state index in [1.54, 1.807) is 55.3 Å². The van der Waals surface area contributed by atoms with Crippen LogP contribution in [0.1, 0.15) is 17.3 Å². The van der Waals surface area contributed by atoms with Crippen molar-refractivity contribution in [2.24, 2.45) is 0 Å². The fourth-order valence-electron chi connectivity index (χ4n) is 2.15. The fraction of sp³-hybridized carbons (Fsp3) is 0.222. The van der Waals surface area contributed by atoms with Crippen LogP contribution < -0.4 is 14.5 Å². The molecule has 0 bridgehead atoms. The number of hydrogen-bond acceptors (Lipinski definition) is 3. The lowest BCUT2D eigenvalue weighted by Gasteiger charge is -2.20. The van der Waals surface area contributed by atoms with E-state index in [0.717, 1.165) is 11.4 Å². The highest BCUT2D eigenvalue weighted by atomic mass is 16.5. The number of rotatable bonds is 4. The predicted molar refractivity (Wildman–Crippen MR) is 91.3 cm³/mol. The minimum Gasteiger partial charge on any atom is -0.497 e. The van der Waals surface area contributed by atoms with Crippen molar-refractivity contribution in [2.45, 2.75) is 6.92 Å². The van der Waals surface area contributed by atoms with Crippen LogP contribution in [0.5, 0.6) is 5.75 Å². The van der Waals surface area contributed by atoms with E-state index < -0.39 is 0 Å². The van der Waals surface area contributed by atoms with Crippen molar-refractivity contribution in [1.82, 2.24) is 0 Å². The Morgan fingerprint density at radius 1 is 0.913 bits per heavy atom. The quantitative estimate of drug-likeness (QED) is 0.872. The molecule has 0 aliphatic carbocycles. The van der Waals surface area contributed by atoms with Crippen LogP contribution in [0.3, 0.4) is 0 Å². The van der Waals surface area contributed by atoms with Gasteiger partial charge in [-0.05, 0) is 42.5 Å². The van der Waals surface area contributed by atoms with Gasteiger partial charge in [0.2, 0.25) is 5.91 Å². The molecule has 23 heavy (non-hydrogen) atoms. The molecule has 5 nitrogen and oxygen atoms in total. The van der Waals surface area contributed by atoms with Crippen molar-refractivity contribution in [3.05, 3.63) is 54.1 Å². The molecule has 0 saturated carbocycles. The van der Waals surface area contributed by atoms with Gasteiger partial charge in [-0.15, -0.1) is 0 Å². The molecule has 2 aromatic carbocycles. The van der Waals surface area contributed by atoms with Crippen LogP contribution in [-0.4, -0.2) is 33.0 Å². The number of ether oxygens (including phenoxy) is 1. The summed E-state index contributed by atoms with van der Waals surface area (Å²) in [4.78, 5) is 27.0. The van der Waals surface area contributed by atoms with Gasteiger partial charge in [-0.2, -0.15) is 0 Å². The molecule has 2 amide bonds. The van der Waals surface area contributed by atoms with Crippen molar-refractivity contribution >= 4 is 23.2 Å². The molecule has 0 atom stereocenters. The highest BCUT2D eigenvalue weighted by Gasteiger charge is 2.14. The minimum absolute atomic E-state index is 0.0430. The highest BCUT2D eigenvalue weighted by Crippen LogP contribution is 2.22. The molecule has 0 fully saturated rings. The zero-order chi connectivity index (χ0) is 17.0. The van der Waals surface area contributed by atoms with E-state index >= 15 is 0 Å². The maximum atomic E-state index is 12.5. The second-order valence-corrected chi connectivity index (χ2v) is 5.19. The third kappa shape index (κ3) is 3.69. The molecule has 0 saturated heterocycles. The molecule has 120 valence electrons. The standard InChI is InChI=1S/C18H20N2O3/c1-13(21)19(2)15-8-10-16(11-9-15)20(3)18(22)14-6-5-7-17(12-14)23-4/h5-12H,1-4H3. The Bertz CT molecular complexity index is 710. The summed E-state index contributed by atoms with van der Waals surface area (Å²) < 4.78 is 5.15. The first kappa shape index (κ1) is 16.5. The third-order valence-corrected chi connectivity index (χ3v) is 3.72. The number of benzene rings is 2. The van der Waals surface area contributed by atoms with E-state index in [4.69, 9.17) is 4.74 Å². The van der Waals surface area contributed by atoms with E-state index in [0.29, 0.717) is 11.3 Å². The summed E-state index contributed by atoms with van der Waals surface area (Å²) >= 11 is 0. The monoisotopic (exact) mass is 312 g/mol. The predicted octanol–water partition coefficient (Wildman–Crippen LogP) is 2.95. The zero-order valence-corrected chi connectivity index (χ0v) is 13.7. The van der Waals surface area contributed by atoms with Gasteiger partial charge in [-0.25, -0.2) is 0 Å². The van der Waals surface area contributed by atoms with Crippen LogP contribution >= 0.6 is 0 Å². The average molecular weight is 312 g/mol. The Labute approximate surface area is 136 Å². The van der Waals surface area contributed by atoms with E-state index in [1.807, 2.05) is 24.3 Å². The van der Waals surface area contributed by atoms with Crippen LogP contribution in [-0.2, 0) is 4.79 Å². The Morgan fingerprint density at radius 3 is 2.00 bits per heavy atom. The van der Waals surface area contributed by atoms with Gasteiger partial charge in [0.1, 0.15) is 5.75 Å². The number of hydrogen-bond donors (Lipinski definition) is 0. The van der Waals surface area contributed by atoms with E-state index in [1.165, 1.54) is 6.92 Å². The SMILES string of the molecule is COc1cccc(C(=O)N(C)c2ccc(N(C)C(C)=O)cc2)c1. The lowest BCUT2D eigenvalue weighted by molar-refractivity contribution is -0.116. The molecule has 0 spiro atoms. The summed E-state index contributed by atoms with van der Waals surface area (Å²) in [5.74, 6) is 0.470. The molecular formula is C18H20N2O3. The first-order chi connectivity index (χ1) is 10.9. The van der Waals surface area contributed by atoms with Crippen molar-refractivity contribution in [2.75, 3.05) is 31.0 Å². The molecular weight excluding hydrogens is 292 g/mol. The molecule has 0 heterocycles. The van der Waals surface area contributed by atoms with Gasteiger partial charge < -0.3 is 14.5 Å². The second kappa shape index (κ2) is 6.96. The Hall–Kier alpha value is -2.82. The number of anilines is 2. The maximum Gasteiger partial charge on any atom is 0.258 e. The fourth-order valence-corrected chi connectivity index (χ4v) is 2.15. The first-order valence-electron chi connectivity index (χ1n) is 7.20. The molecule has 0 aliphatic heterocycles. The third-order valence-electron chi connectivity index (χ3n) is 3.72. The smallest absolute Gasteiger partial charge is 0.258 e. The van der Waals surface area contributed by atoms with Gasteiger partial charge in [-0.3, -0.25) is 9.59 Å². The summed E-state index contributed by atoms with van der Waals surface area (Å²) in [5, 5.41) is 0. The molecule has 0 N–H and O–H groups in total. The lowest BCUT2D eigenvalue weighted by Crippen LogP contribution is -2.26. The summed E-state index contributed by atoms with van der Waals surface area (Å²) in [6.45, 7) is 1.51. The number of carbonyl (C=O) groups excluding carboxylic acids is 2. The molecule has 0 aromatic heterocycles. The van der Waals surface area contributed by atoms with Crippen LogP contribution in [0.15, 0.2) is 48.5 Å². The maximum absolute atomic E-state index is 12.5. The van der Waals surface area contributed by atoms with Gasteiger partial charge in [0.15, 0.2) is 0 Å². The van der Waals surface area contributed by atoms with Gasteiger partial charge in [-0.1, -0.05) is 6.07 Å². The molecule has 5 heteroatoms. The molecule has 2 rings (SSSR count). The number of amides is 2. The van der Waals surface area contributed by atoms with Crippen LogP contribution in [0, 0.1) is 0 Å². The number of carbonyl (C=O) groups is 2. The minimum atomic E-state index is -0.128. The Kier molecular flexibility index (Phi) is 5.01. The van der Waals surface area contributed by atoms with Crippen molar-refractivity contribution in [3.8, 4) is 5.75 Å². The van der Waals surface area contributed by atoms with Crippen LogP contribution in [0.4, 0.5) is 11.4 Å².